The van der Waals surface area contributed by atoms with Crippen LogP contribution in [0.2, 0.25) is 0 Å². The van der Waals surface area contributed by atoms with Crippen LogP contribution in [-0.2, 0) is 9.53 Å². The van der Waals surface area contributed by atoms with Crippen LogP contribution in [0.5, 0.6) is 0 Å². The van der Waals surface area contributed by atoms with Crippen LogP contribution >= 0.6 is 0 Å². The third-order valence-electron chi connectivity index (χ3n) is 3.75. The molecule has 25 heavy (non-hydrogen) atoms. The molecule has 0 spiro atoms. The van der Waals surface area contributed by atoms with Gasteiger partial charge in [0.15, 0.2) is 6.29 Å². The fraction of sp³-hybridized carbons (Fsp3) is 0.471. The molecule has 1 saturated heterocycles. The molecule has 7 nitrogen and oxygen atoms in total. The number of ether oxygens (including phenoxy) is 1. The van der Waals surface area contributed by atoms with Crippen LogP contribution in [0.15, 0.2) is 18.2 Å². The van der Waals surface area contributed by atoms with Gasteiger partial charge in [-0.3, -0.25) is 9.69 Å². The van der Waals surface area contributed by atoms with E-state index >= 15 is 0 Å². The summed E-state index contributed by atoms with van der Waals surface area (Å²) in [6.45, 7) is 5.14. The molecule has 136 valence electrons. The molecule has 8 heteroatoms. The highest BCUT2D eigenvalue weighted by molar-refractivity contribution is 5.86. The summed E-state index contributed by atoms with van der Waals surface area (Å²) in [5.74, 6) is -1.83. The number of nitrogens with zero attached hydrogens (tertiary/aromatic N) is 2. The molecule has 1 aliphatic rings. The largest absolute Gasteiger partial charge is 0.480 e. The number of carbonyl (C=O) groups is 3. The van der Waals surface area contributed by atoms with Crippen LogP contribution < -0.4 is 4.90 Å². The quantitative estimate of drug-likeness (QED) is 0.839. The molecule has 1 aromatic rings. The summed E-state index contributed by atoms with van der Waals surface area (Å²) >= 11 is 0. The molecule has 1 aromatic carbocycles. The predicted octanol–water partition coefficient (Wildman–Crippen LogP) is 2.15. The number of aldehydes is 1. The van der Waals surface area contributed by atoms with Gasteiger partial charge in [0, 0.05) is 25.2 Å². The number of amides is 1. The molecule has 1 amide bonds. The van der Waals surface area contributed by atoms with Gasteiger partial charge in [0.05, 0.1) is 5.69 Å². The molecule has 1 fully saturated rings. The Kier molecular flexibility index (Phi) is 5.30. The molecule has 1 heterocycles. The average molecular weight is 352 g/mol. The van der Waals surface area contributed by atoms with Gasteiger partial charge in [-0.1, -0.05) is 6.07 Å². The Morgan fingerprint density at radius 1 is 1.32 bits per heavy atom. The SMILES string of the molecule is CC(C)(C)OC(=O)N1CCN(c2c(F)cccc2C=O)C[C@H]1C(=O)O. The Balaban J connectivity index is 2.27. The van der Waals surface area contributed by atoms with Gasteiger partial charge in [-0.05, 0) is 32.9 Å². The van der Waals surface area contributed by atoms with Crippen molar-refractivity contribution in [2.24, 2.45) is 0 Å². The zero-order chi connectivity index (χ0) is 18.8. The van der Waals surface area contributed by atoms with E-state index in [9.17, 15) is 23.9 Å². The molecule has 0 aliphatic carbocycles. The number of carboxylic acid groups (broad SMARTS) is 1. The molecule has 0 saturated carbocycles. The summed E-state index contributed by atoms with van der Waals surface area (Å²) in [5, 5.41) is 9.48. The van der Waals surface area contributed by atoms with Crippen molar-refractivity contribution in [1.82, 2.24) is 4.90 Å². The van der Waals surface area contributed by atoms with E-state index in [2.05, 4.69) is 0 Å². The van der Waals surface area contributed by atoms with E-state index in [1.165, 1.54) is 23.1 Å². The number of halogens is 1. The summed E-state index contributed by atoms with van der Waals surface area (Å²) in [6, 6.07) is 2.87. The zero-order valence-corrected chi connectivity index (χ0v) is 14.4. The fourth-order valence-corrected chi connectivity index (χ4v) is 2.70. The lowest BCUT2D eigenvalue weighted by atomic mass is 10.1. The second-order valence-corrected chi connectivity index (χ2v) is 6.77. The minimum atomic E-state index is -1.22. The smallest absolute Gasteiger partial charge is 0.411 e. The number of para-hydroxylation sites is 1. The highest BCUT2D eigenvalue weighted by Crippen LogP contribution is 2.27. The van der Waals surface area contributed by atoms with Crippen molar-refractivity contribution in [3.63, 3.8) is 0 Å². The van der Waals surface area contributed by atoms with E-state index in [4.69, 9.17) is 4.74 Å². The fourth-order valence-electron chi connectivity index (χ4n) is 2.70. The predicted molar refractivity (Wildman–Crippen MR) is 88.4 cm³/mol. The second-order valence-electron chi connectivity index (χ2n) is 6.77. The maximum atomic E-state index is 14.2. The van der Waals surface area contributed by atoms with Crippen molar-refractivity contribution in [3.8, 4) is 0 Å². The molecule has 1 aliphatic heterocycles. The lowest BCUT2D eigenvalue weighted by molar-refractivity contribution is -0.143. The first-order valence-electron chi connectivity index (χ1n) is 7.85. The number of piperazine rings is 1. The summed E-state index contributed by atoms with van der Waals surface area (Å²) in [5.41, 5.74) is -0.574. The van der Waals surface area contributed by atoms with Gasteiger partial charge in [-0.2, -0.15) is 0 Å². The lowest BCUT2D eigenvalue weighted by Crippen LogP contribution is -2.59. The van der Waals surface area contributed by atoms with Crippen LogP contribution in [-0.4, -0.2) is 59.6 Å². The molecule has 0 bridgehead atoms. The van der Waals surface area contributed by atoms with E-state index in [1.54, 1.807) is 20.8 Å². The molecule has 0 aromatic heterocycles. The summed E-state index contributed by atoms with van der Waals surface area (Å²) in [6.07, 6.45) is -0.210. The van der Waals surface area contributed by atoms with Crippen molar-refractivity contribution < 1.29 is 28.6 Å². The first kappa shape index (κ1) is 18.7. The number of hydrogen-bond donors (Lipinski definition) is 1. The van der Waals surface area contributed by atoms with E-state index in [1.807, 2.05) is 0 Å². The Morgan fingerprint density at radius 3 is 2.56 bits per heavy atom. The van der Waals surface area contributed by atoms with E-state index < -0.39 is 29.5 Å². The summed E-state index contributed by atoms with van der Waals surface area (Å²) in [7, 11) is 0. The summed E-state index contributed by atoms with van der Waals surface area (Å²) in [4.78, 5) is 37.6. The Hall–Kier alpha value is -2.64. The van der Waals surface area contributed by atoms with Crippen molar-refractivity contribution >= 4 is 24.0 Å². The monoisotopic (exact) mass is 352 g/mol. The Labute approximate surface area is 145 Å². The van der Waals surface area contributed by atoms with Crippen molar-refractivity contribution in [3.05, 3.63) is 29.6 Å². The molecule has 1 N–H and O–H groups in total. The normalized spacial score (nSPS) is 18.0. The van der Waals surface area contributed by atoms with Crippen molar-refractivity contribution in [1.29, 1.82) is 0 Å². The molecule has 2 rings (SSSR count). The van der Waals surface area contributed by atoms with E-state index in [-0.39, 0.29) is 30.9 Å². The van der Waals surface area contributed by atoms with Gasteiger partial charge in [0.1, 0.15) is 17.5 Å². The molecule has 1 atom stereocenters. The Morgan fingerprint density at radius 2 is 2.00 bits per heavy atom. The maximum absolute atomic E-state index is 14.2. The van der Waals surface area contributed by atoms with Crippen LogP contribution in [0.3, 0.4) is 0 Å². The van der Waals surface area contributed by atoms with Gasteiger partial charge in [0.2, 0.25) is 0 Å². The number of carbonyl (C=O) groups excluding carboxylic acids is 2. The molecular formula is C17H21FN2O5. The number of rotatable bonds is 3. The first-order chi connectivity index (χ1) is 11.6. The molecular weight excluding hydrogens is 331 g/mol. The number of anilines is 1. The van der Waals surface area contributed by atoms with Gasteiger partial charge in [-0.25, -0.2) is 14.0 Å². The van der Waals surface area contributed by atoms with E-state index in [0.29, 0.717) is 6.29 Å². The summed E-state index contributed by atoms with van der Waals surface area (Å²) < 4.78 is 19.4. The minimum absolute atomic E-state index is 0.0402. The molecule has 0 radical (unpaired) electrons. The number of benzene rings is 1. The minimum Gasteiger partial charge on any atom is -0.480 e. The van der Waals surface area contributed by atoms with Crippen molar-refractivity contribution in [2.75, 3.05) is 24.5 Å². The van der Waals surface area contributed by atoms with Crippen LogP contribution in [0.1, 0.15) is 31.1 Å². The standard InChI is InChI=1S/C17H21FN2O5/c1-17(2,3)25-16(24)20-8-7-19(9-13(20)15(22)23)14-11(10-21)5-4-6-12(14)18/h4-6,10,13H,7-9H2,1-3H3,(H,22,23)/t13-/m0/s1. The number of aliphatic carboxylic acids is 1. The Bertz CT molecular complexity index is 686. The first-order valence-corrected chi connectivity index (χ1v) is 7.85. The van der Waals surface area contributed by atoms with Gasteiger partial charge in [-0.15, -0.1) is 0 Å². The van der Waals surface area contributed by atoms with Gasteiger partial charge < -0.3 is 14.7 Å². The zero-order valence-electron chi connectivity index (χ0n) is 14.4. The maximum Gasteiger partial charge on any atom is 0.411 e. The topological polar surface area (TPSA) is 87.2 Å². The van der Waals surface area contributed by atoms with Crippen LogP contribution in [0, 0.1) is 5.82 Å². The number of hydrogen-bond acceptors (Lipinski definition) is 5. The van der Waals surface area contributed by atoms with Crippen molar-refractivity contribution in [2.45, 2.75) is 32.4 Å². The lowest BCUT2D eigenvalue weighted by Gasteiger charge is -2.41. The average Bonchev–Trinajstić information content (AvgIpc) is 2.52. The van der Waals surface area contributed by atoms with Crippen LogP contribution in [0.25, 0.3) is 0 Å². The van der Waals surface area contributed by atoms with Crippen LogP contribution in [0.4, 0.5) is 14.9 Å². The van der Waals surface area contributed by atoms with Gasteiger partial charge >= 0.3 is 12.1 Å². The highest BCUT2D eigenvalue weighted by Gasteiger charge is 2.38. The van der Waals surface area contributed by atoms with Gasteiger partial charge in [0.25, 0.3) is 0 Å². The third-order valence-corrected chi connectivity index (χ3v) is 3.75. The van der Waals surface area contributed by atoms with E-state index in [0.717, 1.165) is 4.90 Å². The molecule has 0 unspecified atom stereocenters. The second kappa shape index (κ2) is 7.08. The third kappa shape index (κ3) is 4.26. The highest BCUT2D eigenvalue weighted by atomic mass is 19.1. The number of carboxylic acids is 1.